The first-order valence-corrected chi connectivity index (χ1v) is 11.2. The number of halogens is 2. The molecule has 0 atom stereocenters. The number of hydrogen-bond donors (Lipinski definition) is 1. The molecule has 2 aromatic heterocycles. The Hall–Kier alpha value is -3.59. The van der Waals surface area contributed by atoms with E-state index < -0.39 is 6.09 Å². The van der Waals surface area contributed by atoms with E-state index in [1.807, 2.05) is 17.7 Å². The molecular weight excluding hydrogens is 446 g/mol. The van der Waals surface area contributed by atoms with E-state index in [9.17, 15) is 13.6 Å². The van der Waals surface area contributed by atoms with Crippen molar-refractivity contribution in [1.82, 2.24) is 20.1 Å². The number of carbonyl (C=O) groups excluding carboxylic acids is 1. The predicted octanol–water partition coefficient (Wildman–Crippen LogP) is 5.43. The third-order valence-electron chi connectivity index (χ3n) is 5.02. The van der Waals surface area contributed by atoms with E-state index in [4.69, 9.17) is 4.74 Å². The summed E-state index contributed by atoms with van der Waals surface area (Å²) in [7, 11) is 0. The first kappa shape index (κ1) is 22.6. The highest BCUT2D eigenvalue weighted by molar-refractivity contribution is 7.17. The minimum atomic E-state index is -0.612. The SMILES string of the molecule is Cc1nc(-c2cc(C)n(CCc3ccc(F)cc3)n2)sc1OC(=O)NCc1ccc(F)cc1. The lowest BCUT2D eigenvalue weighted by atomic mass is 10.1. The summed E-state index contributed by atoms with van der Waals surface area (Å²) in [5, 5.41) is 8.32. The number of benzene rings is 2. The minimum Gasteiger partial charge on any atom is -0.397 e. The Morgan fingerprint density at radius 2 is 1.67 bits per heavy atom. The van der Waals surface area contributed by atoms with Crippen molar-refractivity contribution in [3.63, 3.8) is 0 Å². The van der Waals surface area contributed by atoms with Crippen molar-refractivity contribution in [1.29, 1.82) is 0 Å². The summed E-state index contributed by atoms with van der Waals surface area (Å²) in [6.07, 6.45) is 0.112. The van der Waals surface area contributed by atoms with Crippen molar-refractivity contribution < 1.29 is 18.3 Å². The van der Waals surface area contributed by atoms with Crippen LogP contribution >= 0.6 is 11.3 Å². The van der Waals surface area contributed by atoms with Gasteiger partial charge < -0.3 is 10.1 Å². The third-order valence-corrected chi connectivity index (χ3v) is 6.07. The minimum absolute atomic E-state index is 0.224. The molecular formula is C24H22F2N4O2S. The second kappa shape index (κ2) is 9.91. The largest absolute Gasteiger partial charge is 0.413 e. The fourth-order valence-corrected chi connectivity index (χ4v) is 4.08. The lowest BCUT2D eigenvalue weighted by molar-refractivity contribution is 0.201. The molecule has 33 heavy (non-hydrogen) atoms. The van der Waals surface area contributed by atoms with Crippen LogP contribution in [0.15, 0.2) is 54.6 Å². The summed E-state index contributed by atoms with van der Waals surface area (Å²) in [4.78, 5) is 16.7. The van der Waals surface area contributed by atoms with Crippen LogP contribution in [0.1, 0.15) is 22.5 Å². The highest BCUT2D eigenvalue weighted by Crippen LogP contribution is 2.33. The number of nitrogens with one attached hydrogen (secondary N) is 1. The van der Waals surface area contributed by atoms with Crippen molar-refractivity contribution in [2.24, 2.45) is 0 Å². The van der Waals surface area contributed by atoms with E-state index in [0.29, 0.717) is 28.0 Å². The summed E-state index contributed by atoms with van der Waals surface area (Å²) in [6, 6.07) is 14.2. The number of nitrogens with zero attached hydrogens (tertiary/aromatic N) is 3. The van der Waals surface area contributed by atoms with Crippen LogP contribution in [0.4, 0.5) is 13.6 Å². The van der Waals surface area contributed by atoms with Gasteiger partial charge in [-0.25, -0.2) is 18.6 Å². The molecule has 2 heterocycles. The summed E-state index contributed by atoms with van der Waals surface area (Å²) in [5.74, 6) is -0.583. The van der Waals surface area contributed by atoms with Gasteiger partial charge in [0.05, 0.1) is 5.69 Å². The monoisotopic (exact) mass is 468 g/mol. The number of ether oxygens (including phenoxy) is 1. The van der Waals surface area contributed by atoms with Crippen LogP contribution in [0, 0.1) is 25.5 Å². The second-order valence-electron chi connectivity index (χ2n) is 7.53. The molecule has 0 unspecified atom stereocenters. The molecule has 4 aromatic rings. The van der Waals surface area contributed by atoms with Crippen molar-refractivity contribution in [3.05, 3.63) is 88.7 Å². The van der Waals surface area contributed by atoms with Crippen molar-refractivity contribution in [2.75, 3.05) is 0 Å². The Bertz CT molecular complexity index is 1250. The molecule has 0 aliphatic rings. The smallest absolute Gasteiger partial charge is 0.397 e. The van der Waals surface area contributed by atoms with E-state index in [1.54, 1.807) is 31.2 Å². The summed E-state index contributed by atoms with van der Waals surface area (Å²) >= 11 is 1.24. The Labute approximate surface area is 193 Å². The summed E-state index contributed by atoms with van der Waals surface area (Å²) < 4.78 is 33.4. The van der Waals surface area contributed by atoms with Gasteiger partial charge >= 0.3 is 6.09 Å². The van der Waals surface area contributed by atoms with Crippen molar-refractivity contribution >= 4 is 17.4 Å². The molecule has 170 valence electrons. The third kappa shape index (κ3) is 5.81. The van der Waals surface area contributed by atoms with Gasteiger partial charge in [0, 0.05) is 18.8 Å². The average Bonchev–Trinajstić information content (AvgIpc) is 3.35. The van der Waals surface area contributed by atoms with Crippen LogP contribution in [0.25, 0.3) is 10.7 Å². The molecule has 0 aliphatic carbocycles. The number of aromatic nitrogens is 3. The van der Waals surface area contributed by atoms with Crippen molar-refractivity contribution in [3.8, 4) is 15.8 Å². The lowest BCUT2D eigenvalue weighted by Gasteiger charge is -2.05. The maximum atomic E-state index is 13.1. The Kier molecular flexibility index (Phi) is 6.79. The molecule has 0 saturated carbocycles. The highest BCUT2D eigenvalue weighted by Gasteiger charge is 2.17. The van der Waals surface area contributed by atoms with Gasteiger partial charge in [-0.3, -0.25) is 4.68 Å². The molecule has 6 nitrogen and oxygen atoms in total. The van der Waals surface area contributed by atoms with Crippen molar-refractivity contribution in [2.45, 2.75) is 33.4 Å². The Balaban J connectivity index is 1.38. The van der Waals surface area contributed by atoms with E-state index in [0.717, 1.165) is 23.2 Å². The van der Waals surface area contributed by atoms with Crippen LogP contribution in [0.3, 0.4) is 0 Å². The molecule has 1 amide bonds. The van der Waals surface area contributed by atoms with Crippen LogP contribution in [-0.2, 0) is 19.5 Å². The quantitative estimate of drug-likeness (QED) is 0.393. The summed E-state index contributed by atoms with van der Waals surface area (Å²) in [6.45, 7) is 4.60. The van der Waals surface area contributed by atoms with Gasteiger partial charge in [-0.15, -0.1) is 0 Å². The van der Waals surface area contributed by atoms with Gasteiger partial charge in [-0.1, -0.05) is 35.6 Å². The number of aryl methyl sites for hydroxylation is 4. The fraction of sp³-hybridized carbons (Fsp3) is 0.208. The fourth-order valence-electron chi connectivity index (χ4n) is 3.21. The Morgan fingerprint density at radius 3 is 2.33 bits per heavy atom. The molecule has 0 bridgehead atoms. The van der Waals surface area contributed by atoms with Gasteiger partial charge in [0.1, 0.15) is 22.3 Å². The first-order chi connectivity index (χ1) is 15.9. The maximum Gasteiger partial charge on any atom is 0.413 e. The zero-order chi connectivity index (χ0) is 23.4. The molecule has 9 heteroatoms. The normalized spacial score (nSPS) is 10.9. The zero-order valence-electron chi connectivity index (χ0n) is 18.1. The topological polar surface area (TPSA) is 69.0 Å². The average molecular weight is 469 g/mol. The van der Waals surface area contributed by atoms with E-state index in [1.165, 1.54) is 35.6 Å². The number of rotatable bonds is 7. The standard InChI is InChI=1S/C24H22F2N4O2S/c1-15-13-21(29-30(15)12-11-17-3-7-19(25)8-4-17)22-28-16(2)23(33-22)32-24(31)27-14-18-5-9-20(26)10-6-18/h3-10,13H,11-12,14H2,1-2H3,(H,27,31). The lowest BCUT2D eigenvalue weighted by Crippen LogP contribution is -2.26. The molecule has 0 aliphatic heterocycles. The number of carbonyl (C=O) groups is 1. The van der Waals surface area contributed by atoms with Gasteiger partial charge in [-0.05, 0) is 61.7 Å². The zero-order valence-corrected chi connectivity index (χ0v) is 19.0. The Morgan fingerprint density at radius 1 is 1.03 bits per heavy atom. The predicted molar refractivity (Wildman–Crippen MR) is 122 cm³/mol. The number of hydrogen-bond acceptors (Lipinski definition) is 5. The molecule has 4 rings (SSSR count). The molecule has 0 saturated heterocycles. The highest BCUT2D eigenvalue weighted by atomic mass is 32.1. The van der Waals surface area contributed by atoms with Crippen LogP contribution < -0.4 is 10.1 Å². The number of thiazole rings is 1. The van der Waals surface area contributed by atoms with Crippen LogP contribution in [-0.4, -0.2) is 20.9 Å². The maximum absolute atomic E-state index is 13.1. The molecule has 1 N–H and O–H groups in total. The van der Waals surface area contributed by atoms with Gasteiger partial charge in [0.25, 0.3) is 0 Å². The molecule has 0 radical (unpaired) electrons. The molecule has 0 fully saturated rings. The van der Waals surface area contributed by atoms with Gasteiger partial charge in [0.15, 0.2) is 0 Å². The summed E-state index contributed by atoms with van der Waals surface area (Å²) in [5.41, 5.74) is 4.04. The van der Waals surface area contributed by atoms with E-state index in [-0.39, 0.29) is 18.2 Å². The second-order valence-corrected chi connectivity index (χ2v) is 8.49. The van der Waals surface area contributed by atoms with Crippen LogP contribution in [0.5, 0.6) is 5.06 Å². The number of amides is 1. The van der Waals surface area contributed by atoms with E-state index in [2.05, 4.69) is 15.4 Å². The van der Waals surface area contributed by atoms with E-state index >= 15 is 0 Å². The molecule has 0 spiro atoms. The molecule has 2 aromatic carbocycles. The first-order valence-electron chi connectivity index (χ1n) is 10.3. The van der Waals surface area contributed by atoms with Gasteiger partial charge in [0.2, 0.25) is 5.06 Å². The van der Waals surface area contributed by atoms with Crippen LogP contribution in [0.2, 0.25) is 0 Å². The van der Waals surface area contributed by atoms with Gasteiger partial charge in [-0.2, -0.15) is 5.10 Å².